The number of hydrogen-bond donors (Lipinski definition) is 2. The Morgan fingerprint density at radius 1 is 1.00 bits per heavy atom. The SMILES string of the molecule is C[C@]12CC[C@@H](O)C[C@H]1[C@@H](Br)C[C@@H]1[C@@H]2CC[C@]2(C)[C@@H](C(=O)CO)CC[C@@H]12. The molecule has 0 aromatic heterocycles. The number of halogens is 1. The van der Waals surface area contributed by atoms with Crippen molar-refractivity contribution >= 4 is 21.7 Å². The number of aliphatic hydroxyl groups is 2. The average molecular weight is 413 g/mol. The van der Waals surface area contributed by atoms with Gasteiger partial charge in [-0.15, -0.1) is 0 Å². The summed E-state index contributed by atoms with van der Waals surface area (Å²) < 4.78 is 0. The molecule has 142 valence electrons. The largest absolute Gasteiger partial charge is 0.393 e. The van der Waals surface area contributed by atoms with E-state index < -0.39 is 0 Å². The molecule has 0 radical (unpaired) electrons. The average Bonchev–Trinajstić information content (AvgIpc) is 2.93. The molecule has 0 heterocycles. The van der Waals surface area contributed by atoms with Gasteiger partial charge in [0, 0.05) is 10.7 Å². The summed E-state index contributed by atoms with van der Waals surface area (Å²) in [5.41, 5.74) is 0.418. The van der Waals surface area contributed by atoms with Crippen molar-refractivity contribution in [3.63, 3.8) is 0 Å². The molecule has 0 aromatic rings. The van der Waals surface area contributed by atoms with Crippen LogP contribution in [0.5, 0.6) is 0 Å². The zero-order valence-electron chi connectivity index (χ0n) is 15.6. The second-order valence-electron chi connectivity index (χ2n) is 9.97. The summed E-state index contributed by atoms with van der Waals surface area (Å²) in [7, 11) is 0. The second kappa shape index (κ2) is 6.31. The minimum atomic E-state index is -0.292. The number of rotatable bonds is 2. The molecule has 4 aliphatic rings. The topological polar surface area (TPSA) is 57.5 Å². The van der Waals surface area contributed by atoms with Crippen LogP contribution in [-0.2, 0) is 4.79 Å². The molecule has 4 heteroatoms. The fourth-order valence-corrected chi connectivity index (χ4v) is 9.11. The number of alkyl halides is 1. The number of carbonyl (C=O) groups excluding carboxylic acids is 1. The molecule has 4 saturated carbocycles. The first kappa shape index (κ1) is 18.4. The molecule has 2 N–H and O–H groups in total. The molecule has 4 rings (SSSR count). The van der Waals surface area contributed by atoms with Crippen LogP contribution in [0.2, 0.25) is 0 Å². The number of aliphatic hydroxyl groups excluding tert-OH is 2. The van der Waals surface area contributed by atoms with Gasteiger partial charge in [0.15, 0.2) is 5.78 Å². The second-order valence-corrected chi connectivity index (χ2v) is 11.1. The van der Waals surface area contributed by atoms with E-state index in [1.54, 1.807) is 0 Å². The maximum absolute atomic E-state index is 12.3. The quantitative estimate of drug-likeness (QED) is 0.675. The van der Waals surface area contributed by atoms with Crippen LogP contribution in [0.25, 0.3) is 0 Å². The van der Waals surface area contributed by atoms with Crippen LogP contribution in [-0.4, -0.2) is 33.5 Å². The van der Waals surface area contributed by atoms with Gasteiger partial charge in [-0.1, -0.05) is 29.8 Å². The van der Waals surface area contributed by atoms with Crippen LogP contribution >= 0.6 is 15.9 Å². The number of ketones is 1. The fourth-order valence-electron chi connectivity index (χ4n) is 7.86. The van der Waals surface area contributed by atoms with Crippen molar-refractivity contribution in [1.29, 1.82) is 0 Å². The standard InChI is InChI=1S/C21H33BrO3/c1-20-8-6-15-13(14(20)3-4-16(20)19(25)11-23)10-18(22)17-9-12(24)5-7-21(15,17)2/h12-18,23-24H,3-11H2,1-2H3/t12-,13+,14+,15+,16-,17+,18+,20+,21-/m1/s1. The summed E-state index contributed by atoms with van der Waals surface area (Å²) in [5, 5.41) is 19.6. The van der Waals surface area contributed by atoms with Crippen LogP contribution in [0.15, 0.2) is 0 Å². The molecular weight excluding hydrogens is 380 g/mol. The van der Waals surface area contributed by atoms with E-state index in [9.17, 15) is 15.0 Å². The highest BCUT2D eigenvalue weighted by atomic mass is 79.9. The van der Waals surface area contributed by atoms with Crippen molar-refractivity contribution in [1.82, 2.24) is 0 Å². The van der Waals surface area contributed by atoms with Gasteiger partial charge in [-0.3, -0.25) is 4.79 Å². The molecule has 4 aliphatic carbocycles. The number of Topliss-reactive ketones (excluding diaryl/α,β-unsaturated/α-hetero) is 1. The Morgan fingerprint density at radius 2 is 1.68 bits per heavy atom. The lowest BCUT2D eigenvalue weighted by atomic mass is 9.44. The van der Waals surface area contributed by atoms with Gasteiger partial charge in [0.05, 0.1) is 6.10 Å². The van der Waals surface area contributed by atoms with Crippen LogP contribution in [0.3, 0.4) is 0 Å². The van der Waals surface area contributed by atoms with Gasteiger partial charge in [0.25, 0.3) is 0 Å². The van der Waals surface area contributed by atoms with Crippen molar-refractivity contribution in [2.24, 2.45) is 40.4 Å². The molecule has 0 amide bonds. The van der Waals surface area contributed by atoms with Gasteiger partial charge in [0.2, 0.25) is 0 Å². The van der Waals surface area contributed by atoms with E-state index in [1.807, 2.05) is 0 Å². The lowest BCUT2D eigenvalue weighted by Gasteiger charge is -2.62. The Balaban J connectivity index is 1.63. The van der Waals surface area contributed by atoms with E-state index in [2.05, 4.69) is 29.8 Å². The number of fused-ring (bicyclic) bond motifs is 5. The third-order valence-corrected chi connectivity index (χ3v) is 10.2. The number of hydrogen-bond acceptors (Lipinski definition) is 3. The van der Waals surface area contributed by atoms with Crippen molar-refractivity contribution in [2.75, 3.05) is 6.61 Å². The number of carbonyl (C=O) groups is 1. The lowest BCUT2D eigenvalue weighted by Crippen LogP contribution is -2.57. The first-order chi connectivity index (χ1) is 11.8. The van der Waals surface area contributed by atoms with E-state index in [-0.39, 0.29) is 29.8 Å². The molecule has 3 nitrogen and oxygen atoms in total. The minimum Gasteiger partial charge on any atom is -0.393 e. The summed E-state index contributed by atoms with van der Waals surface area (Å²) in [5.74, 6) is 2.76. The van der Waals surface area contributed by atoms with Crippen molar-refractivity contribution in [2.45, 2.75) is 76.1 Å². The minimum absolute atomic E-state index is 0.0657. The van der Waals surface area contributed by atoms with Crippen LogP contribution in [0.1, 0.15) is 65.2 Å². The van der Waals surface area contributed by atoms with E-state index >= 15 is 0 Å². The van der Waals surface area contributed by atoms with Crippen LogP contribution in [0.4, 0.5) is 0 Å². The first-order valence-corrected chi connectivity index (χ1v) is 11.2. The van der Waals surface area contributed by atoms with Gasteiger partial charge in [0.1, 0.15) is 6.61 Å². The first-order valence-electron chi connectivity index (χ1n) is 10.3. The third-order valence-electron chi connectivity index (χ3n) is 9.15. The highest BCUT2D eigenvalue weighted by molar-refractivity contribution is 9.09. The molecule has 25 heavy (non-hydrogen) atoms. The molecule has 0 saturated heterocycles. The predicted molar refractivity (Wildman–Crippen MR) is 101 cm³/mol. The fraction of sp³-hybridized carbons (Fsp3) is 0.952. The molecule has 0 aliphatic heterocycles. The molecule has 0 bridgehead atoms. The smallest absolute Gasteiger partial charge is 0.161 e. The van der Waals surface area contributed by atoms with Crippen molar-refractivity contribution < 1.29 is 15.0 Å². The Bertz CT molecular complexity index is 551. The van der Waals surface area contributed by atoms with Crippen molar-refractivity contribution in [3.05, 3.63) is 0 Å². The Hall–Kier alpha value is 0.0700. The molecule has 0 aromatic carbocycles. The molecule has 0 unspecified atom stereocenters. The van der Waals surface area contributed by atoms with Gasteiger partial charge in [-0.25, -0.2) is 0 Å². The lowest BCUT2D eigenvalue weighted by molar-refractivity contribution is -0.140. The predicted octanol–water partition coefficient (Wildman–Crippen LogP) is 3.94. The molecule has 0 spiro atoms. The summed E-state index contributed by atoms with van der Waals surface area (Å²) in [6, 6.07) is 0. The molecule has 4 fully saturated rings. The molecular formula is C21H33BrO3. The van der Waals surface area contributed by atoms with Crippen LogP contribution in [0, 0.1) is 40.4 Å². The Kier molecular flexibility index (Phi) is 4.65. The van der Waals surface area contributed by atoms with Crippen LogP contribution < -0.4 is 0 Å². The monoisotopic (exact) mass is 412 g/mol. The zero-order chi connectivity index (χ0) is 18.0. The molecule has 9 atom stereocenters. The highest BCUT2D eigenvalue weighted by Crippen LogP contribution is 2.68. The van der Waals surface area contributed by atoms with E-state index in [1.165, 1.54) is 12.8 Å². The van der Waals surface area contributed by atoms with Crippen molar-refractivity contribution in [3.8, 4) is 0 Å². The van der Waals surface area contributed by atoms with E-state index in [4.69, 9.17) is 0 Å². The van der Waals surface area contributed by atoms with Gasteiger partial charge < -0.3 is 10.2 Å². The highest BCUT2D eigenvalue weighted by Gasteiger charge is 2.62. The summed E-state index contributed by atoms with van der Waals surface area (Å²) in [4.78, 5) is 12.8. The zero-order valence-corrected chi connectivity index (χ0v) is 17.2. The Labute approximate surface area is 160 Å². The van der Waals surface area contributed by atoms with Gasteiger partial charge in [-0.2, -0.15) is 0 Å². The maximum Gasteiger partial charge on any atom is 0.161 e. The van der Waals surface area contributed by atoms with Gasteiger partial charge >= 0.3 is 0 Å². The Morgan fingerprint density at radius 3 is 2.40 bits per heavy atom. The summed E-state index contributed by atoms with van der Waals surface area (Å²) >= 11 is 4.01. The summed E-state index contributed by atoms with van der Waals surface area (Å²) in [6.45, 7) is 4.53. The normalized spacial score (nSPS) is 55.2. The third kappa shape index (κ3) is 2.61. The van der Waals surface area contributed by atoms with Gasteiger partial charge in [-0.05, 0) is 85.9 Å². The summed E-state index contributed by atoms with van der Waals surface area (Å²) in [6.07, 6.45) is 8.58. The van der Waals surface area contributed by atoms with E-state index in [0.717, 1.165) is 44.4 Å². The van der Waals surface area contributed by atoms with E-state index in [0.29, 0.717) is 28.0 Å². The maximum atomic E-state index is 12.3.